The van der Waals surface area contributed by atoms with Crippen LogP contribution < -0.4 is 16.6 Å². The van der Waals surface area contributed by atoms with Gasteiger partial charge in [0.25, 0.3) is 0 Å². The van der Waals surface area contributed by atoms with Gasteiger partial charge in [0.2, 0.25) is 0 Å². The number of nitrogens with one attached hydrogen (secondary N) is 2. The summed E-state index contributed by atoms with van der Waals surface area (Å²) in [5.74, 6) is -0.307. The van der Waals surface area contributed by atoms with E-state index in [2.05, 4.69) is 33.9 Å². The van der Waals surface area contributed by atoms with Crippen LogP contribution in [0.25, 0.3) is 0 Å². The number of hydrazine groups is 1. The summed E-state index contributed by atoms with van der Waals surface area (Å²) in [5.41, 5.74) is 15.4. The average molecular weight is 342 g/mol. The van der Waals surface area contributed by atoms with E-state index in [0.29, 0.717) is 18.2 Å². The van der Waals surface area contributed by atoms with Crippen LogP contribution in [-0.4, -0.2) is 48.6 Å². The number of methoxy groups -OCH3 is 1. The molecule has 132 valence electrons. The smallest absolute Gasteiger partial charge is 0.324 e. The molecule has 3 aliphatic rings. The minimum absolute atomic E-state index is 0.216. The minimum Gasteiger partial charge on any atom is -0.468 e. The lowest BCUT2D eigenvalue weighted by Gasteiger charge is -2.36. The first kappa shape index (κ1) is 16.3. The average Bonchev–Trinajstić information content (AvgIpc) is 3.16. The molecule has 2 unspecified atom stereocenters. The molecule has 4 heterocycles. The van der Waals surface area contributed by atoms with Crippen LogP contribution in [0.5, 0.6) is 0 Å². The molecule has 1 aromatic heterocycles. The zero-order chi connectivity index (χ0) is 17.7. The Labute approximate surface area is 146 Å². The standard InChI is InChI=1S/C17H22N6O2/c1-23-8-3-4-12(23)14-11(5-8)21-16(19)9(6-18)13(14)10-7-20-22-15(10)17(24)25-2/h8,10,12,15,20,22H,3-5,7H2,1-2H3,(H2,19,21)/t8-,10?,12+,15?/m1/s1. The number of hydrogen-bond donors (Lipinski definition) is 3. The molecule has 0 spiro atoms. The highest BCUT2D eigenvalue weighted by Crippen LogP contribution is 2.47. The molecule has 1 aromatic rings. The number of nitrogen functional groups attached to an aromatic ring is 1. The number of carbonyl (C=O) groups is 1. The van der Waals surface area contributed by atoms with Crippen LogP contribution in [0.15, 0.2) is 0 Å². The topological polar surface area (TPSA) is 116 Å². The van der Waals surface area contributed by atoms with Crippen LogP contribution in [0.3, 0.4) is 0 Å². The molecular weight excluding hydrogens is 320 g/mol. The van der Waals surface area contributed by atoms with Gasteiger partial charge in [-0.1, -0.05) is 0 Å². The SMILES string of the molecule is COC(=O)C1NNCC1c1c(C#N)c(N)nc2c1[C@@H]1CC[C@H](C2)N1C. The molecule has 0 saturated carbocycles. The minimum atomic E-state index is -0.549. The van der Waals surface area contributed by atoms with Crippen molar-refractivity contribution >= 4 is 11.8 Å². The summed E-state index contributed by atoms with van der Waals surface area (Å²) < 4.78 is 4.93. The molecule has 0 radical (unpaired) electrons. The number of hydrogen-bond acceptors (Lipinski definition) is 8. The maximum absolute atomic E-state index is 12.2. The summed E-state index contributed by atoms with van der Waals surface area (Å²) >= 11 is 0. The fourth-order valence-corrected chi connectivity index (χ4v) is 4.67. The van der Waals surface area contributed by atoms with E-state index < -0.39 is 6.04 Å². The quantitative estimate of drug-likeness (QED) is 0.641. The molecule has 2 saturated heterocycles. The zero-order valence-electron chi connectivity index (χ0n) is 14.4. The van der Waals surface area contributed by atoms with Gasteiger partial charge < -0.3 is 10.5 Å². The first-order valence-electron chi connectivity index (χ1n) is 8.57. The maximum Gasteiger partial charge on any atom is 0.324 e. The number of fused-ring (bicyclic) bond motifs is 4. The van der Waals surface area contributed by atoms with E-state index in [-0.39, 0.29) is 23.7 Å². The Morgan fingerprint density at radius 1 is 1.44 bits per heavy atom. The number of anilines is 1. The fourth-order valence-electron chi connectivity index (χ4n) is 4.67. The van der Waals surface area contributed by atoms with Crippen molar-refractivity contribution in [3.63, 3.8) is 0 Å². The molecule has 0 amide bonds. The van der Waals surface area contributed by atoms with Crippen LogP contribution >= 0.6 is 0 Å². The summed E-state index contributed by atoms with van der Waals surface area (Å²) in [5, 5.41) is 9.74. The van der Waals surface area contributed by atoms with Crippen molar-refractivity contribution in [1.82, 2.24) is 20.7 Å². The molecule has 4 atom stereocenters. The highest BCUT2D eigenvalue weighted by molar-refractivity contribution is 5.78. The summed E-state index contributed by atoms with van der Waals surface area (Å²) in [7, 11) is 3.50. The molecule has 8 nitrogen and oxygen atoms in total. The van der Waals surface area contributed by atoms with Crippen molar-refractivity contribution in [3.05, 3.63) is 22.4 Å². The molecule has 8 heteroatoms. The third-order valence-corrected chi connectivity index (χ3v) is 5.90. The zero-order valence-corrected chi connectivity index (χ0v) is 14.4. The van der Waals surface area contributed by atoms with Crippen LogP contribution in [0.4, 0.5) is 5.82 Å². The monoisotopic (exact) mass is 342 g/mol. The second-order valence-corrected chi connectivity index (χ2v) is 7.01. The van der Waals surface area contributed by atoms with E-state index >= 15 is 0 Å². The number of aromatic nitrogens is 1. The summed E-state index contributed by atoms with van der Waals surface area (Å²) in [6, 6.07) is 2.38. The first-order chi connectivity index (χ1) is 12.1. The summed E-state index contributed by atoms with van der Waals surface area (Å²) in [6.45, 7) is 0.532. The largest absolute Gasteiger partial charge is 0.468 e. The lowest BCUT2D eigenvalue weighted by molar-refractivity contribution is -0.143. The second-order valence-electron chi connectivity index (χ2n) is 7.01. The maximum atomic E-state index is 12.2. The lowest BCUT2D eigenvalue weighted by atomic mass is 9.81. The molecule has 2 fully saturated rings. The Morgan fingerprint density at radius 3 is 2.96 bits per heavy atom. The van der Waals surface area contributed by atoms with Gasteiger partial charge in [-0.2, -0.15) is 5.26 Å². The number of ether oxygens (including phenoxy) is 1. The van der Waals surface area contributed by atoms with Crippen molar-refractivity contribution in [2.45, 2.75) is 43.3 Å². The van der Waals surface area contributed by atoms with E-state index in [1.165, 1.54) is 7.11 Å². The van der Waals surface area contributed by atoms with E-state index in [9.17, 15) is 10.1 Å². The third-order valence-electron chi connectivity index (χ3n) is 5.90. The van der Waals surface area contributed by atoms with E-state index in [4.69, 9.17) is 10.5 Å². The van der Waals surface area contributed by atoms with Crippen LogP contribution in [-0.2, 0) is 16.0 Å². The number of likely N-dealkylation sites (N-methyl/N-ethyl adjacent to an activating group) is 1. The van der Waals surface area contributed by atoms with Gasteiger partial charge in [0.15, 0.2) is 0 Å². The van der Waals surface area contributed by atoms with Gasteiger partial charge in [0, 0.05) is 36.7 Å². The number of nitrogens with zero attached hydrogens (tertiary/aromatic N) is 3. The van der Waals surface area contributed by atoms with Crippen molar-refractivity contribution in [3.8, 4) is 6.07 Å². The Morgan fingerprint density at radius 2 is 2.24 bits per heavy atom. The second kappa shape index (κ2) is 5.95. The number of nitrogens with two attached hydrogens (primary N) is 1. The van der Waals surface area contributed by atoms with E-state index in [0.717, 1.165) is 36.1 Å². The lowest BCUT2D eigenvalue weighted by Crippen LogP contribution is -2.40. The Kier molecular flexibility index (Phi) is 3.87. The van der Waals surface area contributed by atoms with Gasteiger partial charge in [-0.3, -0.25) is 15.1 Å². The summed E-state index contributed by atoms with van der Waals surface area (Å²) in [6.07, 6.45) is 2.98. The van der Waals surface area contributed by atoms with Crippen LogP contribution in [0.1, 0.15) is 47.2 Å². The Balaban J connectivity index is 1.91. The molecule has 4 rings (SSSR count). The van der Waals surface area contributed by atoms with Gasteiger partial charge in [0.1, 0.15) is 17.9 Å². The van der Waals surface area contributed by atoms with Gasteiger partial charge in [-0.15, -0.1) is 0 Å². The van der Waals surface area contributed by atoms with Crippen LogP contribution in [0.2, 0.25) is 0 Å². The molecular formula is C17H22N6O2. The number of rotatable bonds is 2. The molecule has 3 aliphatic heterocycles. The highest BCUT2D eigenvalue weighted by atomic mass is 16.5. The van der Waals surface area contributed by atoms with Crippen molar-refractivity contribution in [2.75, 3.05) is 26.4 Å². The van der Waals surface area contributed by atoms with E-state index in [1.54, 1.807) is 0 Å². The molecule has 0 aromatic carbocycles. The normalized spacial score (nSPS) is 30.8. The number of carbonyl (C=O) groups excluding carboxylic acids is 1. The molecule has 4 N–H and O–H groups in total. The van der Waals surface area contributed by atoms with Crippen molar-refractivity contribution < 1.29 is 9.53 Å². The molecule has 25 heavy (non-hydrogen) atoms. The fraction of sp³-hybridized carbons (Fsp3) is 0.588. The Hall–Kier alpha value is -2.21. The van der Waals surface area contributed by atoms with Gasteiger partial charge in [-0.25, -0.2) is 10.4 Å². The third kappa shape index (κ3) is 2.31. The van der Waals surface area contributed by atoms with Gasteiger partial charge in [-0.05, 0) is 31.0 Å². The highest BCUT2D eigenvalue weighted by Gasteiger charge is 2.45. The van der Waals surface area contributed by atoms with E-state index in [1.807, 2.05) is 0 Å². The Bertz CT molecular complexity index is 773. The first-order valence-corrected chi connectivity index (χ1v) is 8.57. The number of pyridine rings is 1. The number of esters is 1. The van der Waals surface area contributed by atoms with Gasteiger partial charge >= 0.3 is 5.97 Å². The summed E-state index contributed by atoms with van der Waals surface area (Å²) in [4.78, 5) is 19.1. The van der Waals surface area contributed by atoms with Crippen LogP contribution in [0, 0.1) is 11.3 Å². The predicted octanol–water partition coefficient (Wildman–Crippen LogP) is -0.0401. The van der Waals surface area contributed by atoms with Crippen molar-refractivity contribution in [2.24, 2.45) is 0 Å². The predicted molar refractivity (Wildman–Crippen MR) is 90.3 cm³/mol. The van der Waals surface area contributed by atoms with Crippen molar-refractivity contribution in [1.29, 1.82) is 5.26 Å². The van der Waals surface area contributed by atoms with Gasteiger partial charge in [0.05, 0.1) is 12.7 Å². The molecule has 2 bridgehead atoms. The number of nitriles is 1. The molecule has 0 aliphatic carbocycles.